The third kappa shape index (κ3) is 3.74. The summed E-state index contributed by atoms with van der Waals surface area (Å²) in [5.74, 6) is 0.105. The van der Waals surface area contributed by atoms with E-state index >= 15 is 0 Å². The molecule has 1 rings (SSSR count). The minimum atomic E-state index is 0.105. The van der Waals surface area contributed by atoms with Gasteiger partial charge in [0.15, 0.2) is 0 Å². The highest BCUT2D eigenvalue weighted by molar-refractivity contribution is 5.75. The molecule has 13 heavy (non-hydrogen) atoms. The molecule has 0 aromatic carbocycles. The molecular weight excluding hydrogens is 168 g/mol. The van der Waals surface area contributed by atoms with Gasteiger partial charge in [-0.2, -0.15) is 0 Å². The molecule has 0 saturated carbocycles. The van der Waals surface area contributed by atoms with Gasteiger partial charge in [0, 0.05) is 19.5 Å². The zero-order chi connectivity index (χ0) is 9.68. The van der Waals surface area contributed by atoms with Crippen molar-refractivity contribution < 1.29 is 9.63 Å². The molecule has 0 spiro atoms. The zero-order valence-electron chi connectivity index (χ0n) is 8.45. The maximum absolute atomic E-state index is 11.5. The SMILES string of the molecule is CN(C)CCC(=O)N1CCCCO1. The van der Waals surface area contributed by atoms with Crippen LogP contribution in [0.1, 0.15) is 19.3 Å². The smallest absolute Gasteiger partial charge is 0.247 e. The molecule has 4 heteroatoms. The van der Waals surface area contributed by atoms with Crippen molar-refractivity contribution in [2.75, 3.05) is 33.8 Å². The highest BCUT2D eigenvalue weighted by Gasteiger charge is 2.16. The Morgan fingerprint density at radius 2 is 2.23 bits per heavy atom. The fourth-order valence-corrected chi connectivity index (χ4v) is 1.24. The van der Waals surface area contributed by atoms with E-state index < -0.39 is 0 Å². The Balaban J connectivity index is 2.21. The molecule has 1 amide bonds. The molecule has 76 valence electrons. The Morgan fingerprint density at radius 3 is 2.77 bits per heavy atom. The molecule has 0 aromatic heterocycles. The maximum atomic E-state index is 11.5. The lowest BCUT2D eigenvalue weighted by Crippen LogP contribution is -2.37. The van der Waals surface area contributed by atoms with Gasteiger partial charge in [0.2, 0.25) is 5.91 Å². The largest absolute Gasteiger partial charge is 0.309 e. The van der Waals surface area contributed by atoms with E-state index in [4.69, 9.17) is 4.84 Å². The first kappa shape index (κ1) is 10.5. The number of hydrogen-bond donors (Lipinski definition) is 0. The first-order valence-electron chi connectivity index (χ1n) is 4.78. The Hall–Kier alpha value is -0.610. The lowest BCUT2D eigenvalue weighted by molar-refractivity contribution is -0.197. The number of hydrogen-bond acceptors (Lipinski definition) is 3. The number of carbonyl (C=O) groups is 1. The van der Waals surface area contributed by atoms with Crippen LogP contribution in [-0.2, 0) is 9.63 Å². The summed E-state index contributed by atoms with van der Waals surface area (Å²) in [5, 5.41) is 1.51. The van der Waals surface area contributed by atoms with Crippen LogP contribution in [0.25, 0.3) is 0 Å². The number of nitrogens with zero attached hydrogens (tertiary/aromatic N) is 2. The highest BCUT2D eigenvalue weighted by atomic mass is 16.7. The number of rotatable bonds is 3. The third-order valence-electron chi connectivity index (χ3n) is 2.05. The molecule has 0 bridgehead atoms. The zero-order valence-corrected chi connectivity index (χ0v) is 8.45. The molecule has 0 atom stereocenters. The molecule has 1 saturated heterocycles. The van der Waals surface area contributed by atoms with Gasteiger partial charge >= 0.3 is 0 Å². The van der Waals surface area contributed by atoms with Gasteiger partial charge in [-0.25, -0.2) is 5.06 Å². The Labute approximate surface area is 79.4 Å². The van der Waals surface area contributed by atoms with Crippen molar-refractivity contribution in [2.24, 2.45) is 0 Å². The van der Waals surface area contributed by atoms with Crippen LogP contribution < -0.4 is 0 Å². The monoisotopic (exact) mass is 186 g/mol. The standard InChI is InChI=1S/C9H18N2O2/c1-10(2)7-5-9(12)11-6-3-4-8-13-11/h3-8H2,1-2H3. The van der Waals surface area contributed by atoms with Gasteiger partial charge in [-0.05, 0) is 26.9 Å². The van der Waals surface area contributed by atoms with Gasteiger partial charge in [0.25, 0.3) is 0 Å². The van der Waals surface area contributed by atoms with Crippen LogP contribution >= 0.6 is 0 Å². The molecule has 1 aliphatic rings. The highest BCUT2D eigenvalue weighted by Crippen LogP contribution is 2.07. The number of hydroxylamine groups is 2. The summed E-state index contributed by atoms with van der Waals surface area (Å²) >= 11 is 0. The third-order valence-corrected chi connectivity index (χ3v) is 2.05. The Bertz CT molecular complexity index is 165. The average Bonchev–Trinajstić information content (AvgIpc) is 2.15. The Morgan fingerprint density at radius 1 is 1.46 bits per heavy atom. The average molecular weight is 186 g/mol. The van der Waals surface area contributed by atoms with E-state index in [-0.39, 0.29) is 5.91 Å². The van der Waals surface area contributed by atoms with Crippen LogP contribution in [0, 0.1) is 0 Å². The van der Waals surface area contributed by atoms with E-state index in [9.17, 15) is 4.79 Å². The summed E-state index contributed by atoms with van der Waals surface area (Å²) in [5.41, 5.74) is 0. The van der Waals surface area contributed by atoms with Gasteiger partial charge in [0.05, 0.1) is 6.61 Å². The van der Waals surface area contributed by atoms with Gasteiger partial charge < -0.3 is 4.90 Å². The van der Waals surface area contributed by atoms with Crippen molar-refractivity contribution in [1.82, 2.24) is 9.96 Å². The van der Waals surface area contributed by atoms with E-state index in [0.29, 0.717) is 13.0 Å². The van der Waals surface area contributed by atoms with Crippen LogP contribution in [0.5, 0.6) is 0 Å². The molecular formula is C9H18N2O2. The van der Waals surface area contributed by atoms with Crippen molar-refractivity contribution in [3.63, 3.8) is 0 Å². The molecule has 0 N–H and O–H groups in total. The first-order valence-corrected chi connectivity index (χ1v) is 4.78. The Kier molecular flexibility index (Phi) is 4.18. The first-order chi connectivity index (χ1) is 6.20. The minimum Gasteiger partial charge on any atom is -0.309 e. The minimum absolute atomic E-state index is 0.105. The van der Waals surface area contributed by atoms with E-state index in [1.807, 2.05) is 19.0 Å². The molecule has 1 heterocycles. The second-order valence-corrected chi connectivity index (χ2v) is 3.59. The van der Waals surface area contributed by atoms with Crippen LogP contribution in [0.15, 0.2) is 0 Å². The summed E-state index contributed by atoms with van der Waals surface area (Å²) in [6.07, 6.45) is 2.68. The summed E-state index contributed by atoms with van der Waals surface area (Å²) in [6.45, 7) is 2.23. The van der Waals surface area contributed by atoms with Crippen molar-refractivity contribution in [3.05, 3.63) is 0 Å². The fraction of sp³-hybridized carbons (Fsp3) is 0.889. The second kappa shape index (κ2) is 5.19. The molecule has 1 fully saturated rings. The summed E-state index contributed by atoms with van der Waals surface area (Å²) in [7, 11) is 3.93. The molecule has 0 aromatic rings. The van der Waals surface area contributed by atoms with Crippen molar-refractivity contribution in [3.8, 4) is 0 Å². The topological polar surface area (TPSA) is 32.8 Å². The van der Waals surface area contributed by atoms with E-state index in [1.54, 1.807) is 0 Å². The van der Waals surface area contributed by atoms with Crippen molar-refractivity contribution in [1.29, 1.82) is 0 Å². The van der Waals surface area contributed by atoms with Crippen LogP contribution in [0.2, 0.25) is 0 Å². The normalized spacial score (nSPS) is 17.9. The van der Waals surface area contributed by atoms with Crippen LogP contribution in [0.4, 0.5) is 0 Å². The molecule has 1 aliphatic heterocycles. The lowest BCUT2D eigenvalue weighted by Gasteiger charge is -2.26. The predicted octanol–water partition coefficient (Wildman–Crippen LogP) is 0.492. The van der Waals surface area contributed by atoms with Gasteiger partial charge in [-0.3, -0.25) is 9.63 Å². The van der Waals surface area contributed by atoms with Gasteiger partial charge in [0.1, 0.15) is 0 Å². The number of amides is 1. The second-order valence-electron chi connectivity index (χ2n) is 3.59. The molecule has 0 unspecified atom stereocenters. The van der Waals surface area contributed by atoms with E-state index in [2.05, 4.69) is 0 Å². The molecule has 0 radical (unpaired) electrons. The summed E-state index contributed by atoms with van der Waals surface area (Å²) in [6, 6.07) is 0. The summed E-state index contributed by atoms with van der Waals surface area (Å²) < 4.78 is 0. The molecule has 0 aliphatic carbocycles. The van der Waals surface area contributed by atoms with Crippen molar-refractivity contribution >= 4 is 5.91 Å². The van der Waals surface area contributed by atoms with E-state index in [1.165, 1.54) is 5.06 Å². The van der Waals surface area contributed by atoms with Crippen LogP contribution in [0.3, 0.4) is 0 Å². The van der Waals surface area contributed by atoms with E-state index in [0.717, 1.165) is 25.9 Å². The van der Waals surface area contributed by atoms with Gasteiger partial charge in [-0.1, -0.05) is 0 Å². The molecule has 4 nitrogen and oxygen atoms in total. The van der Waals surface area contributed by atoms with Gasteiger partial charge in [-0.15, -0.1) is 0 Å². The quantitative estimate of drug-likeness (QED) is 0.643. The predicted molar refractivity (Wildman–Crippen MR) is 50.1 cm³/mol. The fourth-order valence-electron chi connectivity index (χ4n) is 1.24. The van der Waals surface area contributed by atoms with Crippen LogP contribution in [-0.4, -0.2) is 49.7 Å². The number of carbonyl (C=O) groups excluding carboxylic acids is 1. The van der Waals surface area contributed by atoms with Crippen molar-refractivity contribution in [2.45, 2.75) is 19.3 Å². The summed E-state index contributed by atoms with van der Waals surface area (Å²) in [4.78, 5) is 18.7. The maximum Gasteiger partial charge on any atom is 0.247 e. The lowest BCUT2D eigenvalue weighted by atomic mass is 10.3.